The second kappa shape index (κ2) is 7.28. The highest BCUT2D eigenvalue weighted by molar-refractivity contribution is 6.08. The Kier molecular flexibility index (Phi) is 5.02. The van der Waals surface area contributed by atoms with E-state index in [9.17, 15) is 19.2 Å². The van der Waals surface area contributed by atoms with Crippen molar-refractivity contribution in [1.82, 2.24) is 9.80 Å². The number of nitrogens with zero attached hydrogens (tertiary/aromatic N) is 3. The molecule has 0 spiro atoms. The summed E-state index contributed by atoms with van der Waals surface area (Å²) in [6.07, 6.45) is 1.63. The molecule has 2 amide bonds. The molecule has 5 nitrogen and oxygen atoms in total. The summed E-state index contributed by atoms with van der Waals surface area (Å²) in [7, 11) is 3.06. The molecule has 1 aliphatic heterocycles. The molecule has 142 valence electrons. The van der Waals surface area contributed by atoms with E-state index in [1.165, 1.54) is 41.1 Å². The lowest BCUT2D eigenvalue weighted by Crippen LogP contribution is -2.64. The van der Waals surface area contributed by atoms with Crippen molar-refractivity contribution in [2.45, 2.75) is 18.9 Å². The Hall–Kier alpha value is -3.46. The first-order valence-electron chi connectivity index (χ1n) is 8.80. The van der Waals surface area contributed by atoms with Crippen molar-refractivity contribution in [1.29, 1.82) is 5.26 Å². The zero-order valence-electron chi connectivity index (χ0n) is 15.9. The second-order valence-corrected chi connectivity index (χ2v) is 7.01. The van der Waals surface area contributed by atoms with E-state index in [1.807, 2.05) is 36.4 Å². The molecule has 2 aromatic carbocycles. The fraction of sp³-hybridized carbons (Fsp3) is 0.227. The summed E-state index contributed by atoms with van der Waals surface area (Å²) < 4.78 is 14.3. The number of hydrogen-bond donors (Lipinski definition) is 0. The SMILES string of the molecule is CN1C(=O)C(C)(Cc2ccccc2)N(C)C(=O)/C1=C/c1c(F)cccc1C#N. The maximum atomic E-state index is 14.3. The van der Waals surface area contributed by atoms with E-state index in [2.05, 4.69) is 0 Å². The van der Waals surface area contributed by atoms with Crippen LogP contribution in [0.25, 0.3) is 6.08 Å². The molecular weight excluding hydrogens is 357 g/mol. The predicted molar refractivity (Wildman–Crippen MR) is 103 cm³/mol. The van der Waals surface area contributed by atoms with Crippen molar-refractivity contribution in [2.24, 2.45) is 0 Å². The first kappa shape index (κ1) is 19.3. The van der Waals surface area contributed by atoms with Crippen LogP contribution < -0.4 is 0 Å². The molecule has 1 fully saturated rings. The van der Waals surface area contributed by atoms with Gasteiger partial charge in [0.2, 0.25) is 0 Å². The number of likely N-dealkylation sites (N-methyl/N-ethyl adjacent to an activating group) is 2. The highest BCUT2D eigenvalue weighted by atomic mass is 19.1. The quantitative estimate of drug-likeness (QED) is 0.773. The van der Waals surface area contributed by atoms with Crippen molar-refractivity contribution < 1.29 is 14.0 Å². The van der Waals surface area contributed by atoms with Gasteiger partial charge in [0.1, 0.15) is 17.1 Å². The Labute approximate surface area is 163 Å². The topological polar surface area (TPSA) is 64.4 Å². The second-order valence-electron chi connectivity index (χ2n) is 7.01. The van der Waals surface area contributed by atoms with Crippen LogP contribution in [0.15, 0.2) is 54.2 Å². The van der Waals surface area contributed by atoms with Crippen LogP contribution in [0.2, 0.25) is 0 Å². The van der Waals surface area contributed by atoms with Gasteiger partial charge in [0.15, 0.2) is 0 Å². The fourth-order valence-electron chi connectivity index (χ4n) is 3.42. The van der Waals surface area contributed by atoms with Crippen LogP contribution >= 0.6 is 0 Å². The van der Waals surface area contributed by atoms with Crippen molar-refractivity contribution in [2.75, 3.05) is 14.1 Å². The molecule has 0 radical (unpaired) electrons. The Balaban J connectivity index is 2.03. The zero-order valence-corrected chi connectivity index (χ0v) is 15.9. The van der Waals surface area contributed by atoms with Crippen molar-refractivity contribution in [3.05, 3.63) is 76.7 Å². The van der Waals surface area contributed by atoms with Crippen LogP contribution in [-0.2, 0) is 16.0 Å². The largest absolute Gasteiger partial charge is 0.326 e. The minimum Gasteiger partial charge on any atom is -0.326 e. The molecule has 0 N–H and O–H groups in total. The smallest absolute Gasteiger partial charge is 0.271 e. The molecule has 28 heavy (non-hydrogen) atoms. The number of carbonyl (C=O) groups excluding carboxylic acids is 2. The van der Waals surface area contributed by atoms with E-state index in [-0.39, 0.29) is 22.7 Å². The van der Waals surface area contributed by atoms with E-state index >= 15 is 0 Å². The number of benzene rings is 2. The van der Waals surface area contributed by atoms with Gasteiger partial charge in [-0.05, 0) is 30.7 Å². The Morgan fingerprint density at radius 3 is 2.43 bits per heavy atom. The summed E-state index contributed by atoms with van der Waals surface area (Å²) in [6, 6.07) is 15.5. The third kappa shape index (κ3) is 3.16. The van der Waals surface area contributed by atoms with Crippen LogP contribution in [0.3, 0.4) is 0 Å². The van der Waals surface area contributed by atoms with E-state index < -0.39 is 17.3 Å². The highest BCUT2D eigenvalue weighted by Crippen LogP contribution is 2.31. The van der Waals surface area contributed by atoms with Crippen molar-refractivity contribution >= 4 is 17.9 Å². The maximum Gasteiger partial charge on any atom is 0.271 e. The zero-order chi connectivity index (χ0) is 20.5. The Bertz CT molecular complexity index is 1010. The number of hydrogen-bond acceptors (Lipinski definition) is 3. The number of amides is 2. The minimum absolute atomic E-state index is 0.00642. The average Bonchev–Trinajstić information content (AvgIpc) is 2.70. The Morgan fingerprint density at radius 2 is 1.79 bits per heavy atom. The standard InChI is InChI=1S/C22H20FN3O2/c1-22(13-15-8-5-4-6-9-15)21(28)25(2)19(20(27)26(22)3)12-17-16(14-24)10-7-11-18(17)23/h4-12H,13H2,1-3H3/b19-12-. The highest BCUT2D eigenvalue weighted by Gasteiger charge is 2.48. The average molecular weight is 377 g/mol. The van der Waals surface area contributed by atoms with E-state index in [0.29, 0.717) is 6.42 Å². The third-order valence-corrected chi connectivity index (χ3v) is 5.24. The molecule has 0 saturated carbocycles. The first-order valence-corrected chi connectivity index (χ1v) is 8.80. The van der Waals surface area contributed by atoms with Gasteiger partial charge in [-0.25, -0.2) is 4.39 Å². The molecule has 3 rings (SSSR count). The first-order chi connectivity index (χ1) is 13.3. The normalized spacial score (nSPS) is 21.2. The minimum atomic E-state index is -1.07. The lowest BCUT2D eigenvalue weighted by molar-refractivity contribution is -0.155. The Morgan fingerprint density at radius 1 is 1.11 bits per heavy atom. The monoisotopic (exact) mass is 377 g/mol. The van der Waals surface area contributed by atoms with Crippen LogP contribution in [0.4, 0.5) is 4.39 Å². The van der Waals surface area contributed by atoms with Gasteiger partial charge in [0.25, 0.3) is 11.8 Å². The lowest BCUT2D eigenvalue weighted by atomic mass is 9.87. The van der Waals surface area contributed by atoms with Gasteiger partial charge in [0, 0.05) is 26.1 Å². The van der Waals surface area contributed by atoms with E-state index in [0.717, 1.165) is 5.56 Å². The summed E-state index contributed by atoms with van der Waals surface area (Å²) in [5, 5.41) is 9.23. The van der Waals surface area contributed by atoms with Gasteiger partial charge in [-0.1, -0.05) is 36.4 Å². The van der Waals surface area contributed by atoms with Gasteiger partial charge in [0.05, 0.1) is 11.6 Å². The molecule has 1 saturated heterocycles. The van der Waals surface area contributed by atoms with Crippen LogP contribution in [0.5, 0.6) is 0 Å². The molecule has 2 aromatic rings. The molecule has 1 atom stereocenters. The van der Waals surface area contributed by atoms with Crippen LogP contribution in [0.1, 0.15) is 23.6 Å². The predicted octanol–water partition coefficient (Wildman–Crippen LogP) is 2.97. The fourth-order valence-corrected chi connectivity index (χ4v) is 3.42. The molecule has 1 aliphatic rings. The molecule has 0 bridgehead atoms. The van der Waals surface area contributed by atoms with Gasteiger partial charge >= 0.3 is 0 Å². The number of carbonyl (C=O) groups is 2. The van der Waals surface area contributed by atoms with Gasteiger partial charge < -0.3 is 9.80 Å². The van der Waals surface area contributed by atoms with Crippen molar-refractivity contribution in [3.8, 4) is 6.07 Å². The molecule has 0 aliphatic carbocycles. The summed E-state index contributed by atoms with van der Waals surface area (Å²) in [4.78, 5) is 28.9. The van der Waals surface area contributed by atoms with Gasteiger partial charge in [-0.15, -0.1) is 0 Å². The van der Waals surface area contributed by atoms with Crippen LogP contribution in [0, 0.1) is 17.1 Å². The van der Waals surface area contributed by atoms with Crippen LogP contribution in [-0.4, -0.2) is 41.2 Å². The molecule has 1 heterocycles. The summed E-state index contributed by atoms with van der Waals surface area (Å²) in [5.41, 5.74) is -0.0218. The third-order valence-electron chi connectivity index (χ3n) is 5.24. The lowest BCUT2D eigenvalue weighted by Gasteiger charge is -2.45. The molecular formula is C22H20FN3O2. The molecule has 6 heteroatoms. The summed E-state index contributed by atoms with van der Waals surface area (Å²) in [5.74, 6) is -1.31. The summed E-state index contributed by atoms with van der Waals surface area (Å²) in [6.45, 7) is 1.72. The maximum absolute atomic E-state index is 14.3. The van der Waals surface area contributed by atoms with Crippen molar-refractivity contribution in [3.63, 3.8) is 0 Å². The summed E-state index contributed by atoms with van der Waals surface area (Å²) >= 11 is 0. The number of rotatable bonds is 3. The molecule has 1 unspecified atom stereocenters. The molecule has 0 aromatic heterocycles. The number of halogens is 1. The van der Waals surface area contributed by atoms with E-state index in [1.54, 1.807) is 14.0 Å². The number of piperazine rings is 1. The van der Waals surface area contributed by atoms with Gasteiger partial charge in [-0.3, -0.25) is 9.59 Å². The van der Waals surface area contributed by atoms with E-state index in [4.69, 9.17) is 0 Å². The number of nitriles is 1. The van der Waals surface area contributed by atoms with Gasteiger partial charge in [-0.2, -0.15) is 5.26 Å².